The largest absolute Gasteiger partial charge is 0.355 e. The molecule has 3 N–H and O–H groups in total. The van der Waals surface area contributed by atoms with Crippen LogP contribution in [0.4, 0.5) is 0 Å². The number of carbonyl (C=O) groups is 1. The third-order valence-electron chi connectivity index (χ3n) is 1.26. The number of carbonyl (C=O) groups excluding carboxylic acids is 1. The van der Waals surface area contributed by atoms with Crippen molar-refractivity contribution in [2.24, 2.45) is 0 Å². The minimum absolute atomic E-state index is 0.0411. The fraction of sp³-hybridized carbons (Fsp3) is 0.125. The molecule has 0 saturated carbocycles. The van der Waals surface area contributed by atoms with Gasteiger partial charge in [0.25, 0.3) is 5.91 Å². The molecule has 1 aromatic rings. The van der Waals surface area contributed by atoms with Crippen LogP contribution in [0.15, 0.2) is 30.3 Å². The predicted molar refractivity (Wildman–Crippen MR) is 53.3 cm³/mol. The molecule has 0 heterocycles. The first-order chi connectivity index (χ1) is 6.57. The fourth-order valence-electron chi connectivity index (χ4n) is 0.734. The Morgan fingerprint density at radius 2 is 1.71 bits per heavy atom. The Kier molecular flexibility index (Phi) is 6.66. The second-order valence-corrected chi connectivity index (χ2v) is 2.79. The molecule has 1 amide bonds. The number of hydrogen-bond donors (Lipinski definition) is 3. The summed E-state index contributed by atoms with van der Waals surface area (Å²) in [7, 11) is -1.51. The Morgan fingerprint density at radius 3 is 2.07 bits per heavy atom. The molecule has 0 aliphatic rings. The summed E-state index contributed by atoms with van der Waals surface area (Å²) in [4.78, 5) is 25.2. The first-order valence-corrected chi connectivity index (χ1v) is 5.07. The highest BCUT2D eigenvalue weighted by Crippen LogP contribution is 1.98. The van der Waals surface area contributed by atoms with Crippen LogP contribution < -0.4 is 5.32 Å². The topological polar surface area (TPSA) is 86.6 Å². The molecule has 0 aliphatic heterocycles. The molecule has 0 unspecified atom stereocenters. The average Bonchev–Trinajstić information content (AvgIpc) is 2.17. The molecule has 0 fully saturated rings. The van der Waals surface area contributed by atoms with Crippen molar-refractivity contribution >= 4 is 14.2 Å². The Bertz CT molecular complexity index is 297. The lowest BCUT2D eigenvalue weighted by atomic mass is 10.2. The van der Waals surface area contributed by atoms with E-state index in [1.807, 2.05) is 18.2 Å². The van der Waals surface area contributed by atoms with Gasteiger partial charge >= 0.3 is 8.25 Å². The van der Waals surface area contributed by atoms with Crippen LogP contribution in [0, 0.1) is 0 Å². The van der Waals surface area contributed by atoms with Gasteiger partial charge in [-0.05, 0) is 12.1 Å². The molecule has 0 saturated heterocycles. The van der Waals surface area contributed by atoms with Crippen molar-refractivity contribution in [1.82, 2.24) is 5.32 Å². The molecule has 5 nitrogen and oxygen atoms in total. The Balaban J connectivity index is 0.000000364. The van der Waals surface area contributed by atoms with Gasteiger partial charge in [0.05, 0.1) is 0 Å². The summed E-state index contributed by atoms with van der Waals surface area (Å²) < 4.78 is 8.74. The highest BCUT2D eigenvalue weighted by atomic mass is 31.1. The molecule has 1 rings (SSSR count). The van der Waals surface area contributed by atoms with Crippen molar-refractivity contribution in [1.29, 1.82) is 0 Å². The zero-order chi connectivity index (χ0) is 11.0. The third-order valence-corrected chi connectivity index (χ3v) is 1.26. The van der Waals surface area contributed by atoms with E-state index < -0.39 is 8.25 Å². The van der Waals surface area contributed by atoms with Crippen molar-refractivity contribution in [3.63, 3.8) is 0 Å². The first-order valence-electron chi connectivity index (χ1n) is 3.77. The Morgan fingerprint density at radius 1 is 1.29 bits per heavy atom. The summed E-state index contributed by atoms with van der Waals surface area (Å²) >= 11 is 0. The van der Waals surface area contributed by atoms with Gasteiger partial charge in [-0.15, -0.1) is 0 Å². The fourth-order valence-corrected chi connectivity index (χ4v) is 0.734. The SMILES string of the molecule is CNC(=O)c1ccccc1.O=[PH](O)O. The van der Waals surface area contributed by atoms with Gasteiger partial charge in [0.2, 0.25) is 0 Å². The van der Waals surface area contributed by atoms with Gasteiger partial charge in [-0.25, -0.2) is 0 Å². The van der Waals surface area contributed by atoms with Crippen LogP contribution in [-0.2, 0) is 4.57 Å². The highest BCUT2D eigenvalue weighted by molar-refractivity contribution is 7.30. The number of nitrogens with one attached hydrogen (secondary N) is 1. The minimum Gasteiger partial charge on any atom is -0.355 e. The number of rotatable bonds is 1. The van der Waals surface area contributed by atoms with E-state index in [4.69, 9.17) is 14.4 Å². The van der Waals surface area contributed by atoms with E-state index in [1.54, 1.807) is 19.2 Å². The number of benzene rings is 1. The van der Waals surface area contributed by atoms with Gasteiger partial charge in [-0.2, -0.15) is 0 Å². The molecule has 78 valence electrons. The lowest BCUT2D eigenvalue weighted by molar-refractivity contribution is 0.0963. The summed E-state index contributed by atoms with van der Waals surface area (Å²) in [6, 6.07) is 9.11. The van der Waals surface area contributed by atoms with Gasteiger partial charge < -0.3 is 15.1 Å². The molecule has 0 bridgehead atoms. The molecule has 0 spiro atoms. The zero-order valence-corrected chi connectivity index (χ0v) is 8.60. The number of hydrogen-bond acceptors (Lipinski definition) is 2. The second kappa shape index (κ2) is 7.26. The maximum Gasteiger partial charge on any atom is 0.314 e. The normalized spacial score (nSPS) is 8.86. The van der Waals surface area contributed by atoms with E-state index in [0.717, 1.165) is 0 Å². The van der Waals surface area contributed by atoms with Crippen molar-refractivity contribution in [3.05, 3.63) is 35.9 Å². The maximum absolute atomic E-state index is 10.9. The van der Waals surface area contributed by atoms with E-state index in [-0.39, 0.29) is 5.91 Å². The van der Waals surface area contributed by atoms with E-state index in [0.29, 0.717) is 5.56 Å². The monoisotopic (exact) mass is 217 g/mol. The van der Waals surface area contributed by atoms with Crippen LogP contribution >= 0.6 is 8.25 Å². The van der Waals surface area contributed by atoms with Gasteiger partial charge in [0.1, 0.15) is 0 Å². The molecular weight excluding hydrogens is 205 g/mol. The van der Waals surface area contributed by atoms with Crippen LogP contribution in [0.1, 0.15) is 10.4 Å². The van der Waals surface area contributed by atoms with Crippen molar-refractivity contribution in [2.75, 3.05) is 7.05 Å². The first kappa shape index (κ1) is 12.8. The summed E-state index contributed by atoms with van der Waals surface area (Å²) in [6.07, 6.45) is 0. The summed E-state index contributed by atoms with van der Waals surface area (Å²) in [5.74, 6) is -0.0411. The molecule has 1 aromatic carbocycles. The standard InChI is InChI=1S/C8H9NO.H3O3P/c1-9-8(10)7-5-3-2-4-6-7;1-4(2)3/h2-6H,1H3,(H,9,10);4H,(H2,1,2,3). The van der Waals surface area contributed by atoms with Crippen LogP contribution in [-0.4, -0.2) is 22.7 Å². The molecule has 0 aromatic heterocycles. The van der Waals surface area contributed by atoms with E-state index in [2.05, 4.69) is 5.32 Å². The van der Waals surface area contributed by atoms with Crippen molar-refractivity contribution in [2.45, 2.75) is 0 Å². The smallest absolute Gasteiger partial charge is 0.314 e. The molecule has 0 aliphatic carbocycles. The quantitative estimate of drug-likeness (QED) is 0.594. The second-order valence-electron chi connectivity index (χ2n) is 2.23. The third kappa shape index (κ3) is 6.37. The lowest BCUT2D eigenvalue weighted by Gasteiger charge is -1.96. The number of amides is 1. The van der Waals surface area contributed by atoms with Crippen LogP contribution in [0.5, 0.6) is 0 Å². The van der Waals surface area contributed by atoms with E-state index in [9.17, 15) is 4.79 Å². The van der Waals surface area contributed by atoms with Crippen LogP contribution in [0.25, 0.3) is 0 Å². The van der Waals surface area contributed by atoms with Gasteiger partial charge in [0, 0.05) is 12.6 Å². The molecule has 0 atom stereocenters. The molecule has 6 heteroatoms. The average molecular weight is 217 g/mol. The van der Waals surface area contributed by atoms with E-state index >= 15 is 0 Å². The van der Waals surface area contributed by atoms with Crippen molar-refractivity contribution in [3.8, 4) is 0 Å². The lowest BCUT2D eigenvalue weighted by Crippen LogP contribution is -2.17. The summed E-state index contributed by atoms with van der Waals surface area (Å²) in [6.45, 7) is 0. The predicted octanol–water partition coefficient (Wildman–Crippen LogP) is 0.407. The van der Waals surface area contributed by atoms with Crippen LogP contribution in [0.2, 0.25) is 0 Å². The Hall–Kier alpha value is -1.16. The van der Waals surface area contributed by atoms with Gasteiger partial charge in [0.15, 0.2) is 0 Å². The van der Waals surface area contributed by atoms with Gasteiger partial charge in [-0.3, -0.25) is 9.36 Å². The van der Waals surface area contributed by atoms with E-state index in [1.165, 1.54) is 0 Å². The molecular formula is C8H12NO4P. The zero-order valence-electron chi connectivity index (χ0n) is 7.60. The maximum atomic E-state index is 10.9. The molecule has 0 radical (unpaired) electrons. The minimum atomic E-state index is -3.13. The highest BCUT2D eigenvalue weighted by Gasteiger charge is 1.97. The Labute approximate surface area is 82.3 Å². The van der Waals surface area contributed by atoms with Gasteiger partial charge in [-0.1, -0.05) is 18.2 Å². The summed E-state index contributed by atoms with van der Waals surface area (Å²) in [5, 5.41) is 2.54. The van der Waals surface area contributed by atoms with Crippen molar-refractivity contribution < 1.29 is 19.1 Å². The van der Waals surface area contributed by atoms with Crippen LogP contribution in [0.3, 0.4) is 0 Å². The molecule has 14 heavy (non-hydrogen) atoms. The summed E-state index contributed by atoms with van der Waals surface area (Å²) in [5.41, 5.74) is 0.699.